The van der Waals surface area contributed by atoms with Gasteiger partial charge in [0.2, 0.25) is 11.8 Å². The molecule has 3 unspecified atom stereocenters. The third-order valence-corrected chi connectivity index (χ3v) is 6.99. The van der Waals surface area contributed by atoms with Gasteiger partial charge < -0.3 is 15.5 Å². The zero-order valence-corrected chi connectivity index (χ0v) is 24.8. The molecule has 0 fully saturated rings. The Labute approximate surface area is 223 Å². The van der Waals surface area contributed by atoms with Crippen LogP contribution in [0.3, 0.4) is 0 Å². The Hall–Kier alpha value is -2.71. The second-order valence-corrected chi connectivity index (χ2v) is 11.6. The minimum absolute atomic E-state index is 0.0305. The number of rotatable bonds is 11. The van der Waals surface area contributed by atoms with E-state index in [0.29, 0.717) is 5.57 Å². The van der Waals surface area contributed by atoms with Crippen LogP contribution in [0.4, 0.5) is 0 Å². The number of benzene rings is 1. The highest BCUT2D eigenvalue weighted by Crippen LogP contribution is 2.29. The maximum absolute atomic E-state index is 13.9. The average molecular weight is 517 g/mol. The number of carbonyl (C=O) groups is 3. The summed E-state index contributed by atoms with van der Waals surface area (Å²) in [6, 6.07) is 8.15. The van der Waals surface area contributed by atoms with Crippen LogP contribution in [0.1, 0.15) is 61.0 Å². The Morgan fingerprint density at radius 3 is 1.95 bits per heavy atom. The second-order valence-electron chi connectivity index (χ2n) is 11.6. The van der Waals surface area contributed by atoms with E-state index in [-0.39, 0.29) is 29.7 Å². The normalized spacial score (nSPS) is 15.1. The number of carbonyl (C=O) groups excluding carboxylic acids is 3. The summed E-state index contributed by atoms with van der Waals surface area (Å²) in [6.45, 7) is 15.5. The van der Waals surface area contributed by atoms with Gasteiger partial charge in [-0.05, 0) is 30.9 Å². The Morgan fingerprint density at radius 1 is 0.973 bits per heavy atom. The van der Waals surface area contributed by atoms with Crippen molar-refractivity contribution in [1.82, 2.24) is 20.6 Å². The van der Waals surface area contributed by atoms with Gasteiger partial charge in [-0.2, -0.15) is 0 Å². The van der Waals surface area contributed by atoms with Gasteiger partial charge in [-0.1, -0.05) is 84.9 Å². The Morgan fingerprint density at radius 2 is 1.51 bits per heavy atom. The zero-order valence-electron chi connectivity index (χ0n) is 24.8. The van der Waals surface area contributed by atoms with Crippen LogP contribution in [0.15, 0.2) is 42.0 Å². The third kappa shape index (κ3) is 8.14. The van der Waals surface area contributed by atoms with E-state index in [0.717, 1.165) is 10.6 Å². The van der Waals surface area contributed by atoms with Crippen LogP contribution in [-0.2, 0) is 24.6 Å². The minimum Gasteiger partial charge on any atom is -0.342 e. The lowest BCUT2D eigenvalue weighted by molar-refractivity contribution is -0.164. The largest absolute Gasteiger partial charge is 0.342 e. The average Bonchev–Trinajstić information content (AvgIpc) is 2.83. The Kier molecular flexibility index (Phi) is 11.5. The van der Waals surface area contributed by atoms with Gasteiger partial charge in [0.15, 0.2) is 0 Å². The van der Waals surface area contributed by atoms with Gasteiger partial charge in [-0.25, -0.2) is 5.06 Å². The number of hydrogen-bond donors (Lipinski definition) is 2. The molecule has 0 spiro atoms. The molecule has 1 aromatic rings. The van der Waals surface area contributed by atoms with E-state index in [2.05, 4.69) is 10.6 Å². The van der Waals surface area contributed by atoms with Gasteiger partial charge in [-0.3, -0.25) is 19.2 Å². The van der Waals surface area contributed by atoms with Crippen molar-refractivity contribution in [3.63, 3.8) is 0 Å². The van der Waals surface area contributed by atoms with E-state index < -0.39 is 22.9 Å². The standard InChI is InChI=1S/C29H48N4O4/c1-19(2)22(18-20(3)26(35)33(11)37-12)32(10)27(36)24(28(4,5)6)31-25(34)23(30-9)29(7,8)21-16-14-13-15-17-21/h13-19,22-24,30H,1-12H3,(H,31,34)/b20-18+. The van der Waals surface area contributed by atoms with Crippen LogP contribution in [0.5, 0.6) is 0 Å². The van der Waals surface area contributed by atoms with Gasteiger partial charge in [-0.15, -0.1) is 0 Å². The van der Waals surface area contributed by atoms with Gasteiger partial charge >= 0.3 is 0 Å². The molecule has 0 saturated heterocycles. The smallest absolute Gasteiger partial charge is 0.272 e. The van der Waals surface area contributed by atoms with Crippen molar-refractivity contribution in [2.75, 3.05) is 28.3 Å². The number of likely N-dealkylation sites (N-methyl/N-ethyl adjacent to an activating group) is 3. The summed E-state index contributed by atoms with van der Waals surface area (Å²) < 4.78 is 0. The molecule has 1 aromatic carbocycles. The molecule has 0 aliphatic rings. The Balaban J connectivity index is 3.31. The fraction of sp³-hybridized carbons (Fsp3) is 0.621. The highest BCUT2D eigenvalue weighted by Gasteiger charge is 2.41. The molecule has 8 nitrogen and oxygen atoms in total. The van der Waals surface area contributed by atoms with Crippen LogP contribution in [-0.4, -0.2) is 74.1 Å². The molecular weight excluding hydrogens is 468 g/mol. The SMILES string of the molecule is CNC(C(=O)NC(C(=O)N(C)C(/C=C(\C)C(=O)N(C)OC)C(C)C)C(C)(C)C)C(C)(C)c1ccccc1. The summed E-state index contributed by atoms with van der Waals surface area (Å²) in [4.78, 5) is 46.7. The number of hydrogen-bond acceptors (Lipinski definition) is 5. The fourth-order valence-corrected chi connectivity index (χ4v) is 4.49. The van der Waals surface area contributed by atoms with Crippen LogP contribution < -0.4 is 10.6 Å². The van der Waals surface area contributed by atoms with Crippen LogP contribution in [0, 0.1) is 11.3 Å². The van der Waals surface area contributed by atoms with Crippen molar-refractivity contribution in [1.29, 1.82) is 0 Å². The molecule has 37 heavy (non-hydrogen) atoms. The van der Waals surface area contributed by atoms with Crippen molar-refractivity contribution in [2.24, 2.45) is 11.3 Å². The van der Waals surface area contributed by atoms with E-state index in [9.17, 15) is 14.4 Å². The molecule has 0 aliphatic carbocycles. The highest BCUT2D eigenvalue weighted by molar-refractivity contribution is 5.93. The lowest BCUT2D eigenvalue weighted by atomic mass is 9.76. The number of amides is 3. The van der Waals surface area contributed by atoms with Crippen LogP contribution >= 0.6 is 0 Å². The predicted molar refractivity (Wildman–Crippen MR) is 149 cm³/mol. The van der Waals surface area contributed by atoms with E-state index in [1.807, 2.05) is 78.8 Å². The summed E-state index contributed by atoms with van der Waals surface area (Å²) >= 11 is 0. The molecule has 0 aliphatic heterocycles. The minimum atomic E-state index is -0.778. The van der Waals surface area contributed by atoms with Crippen LogP contribution in [0.25, 0.3) is 0 Å². The van der Waals surface area contributed by atoms with E-state index in [4.69, 9.17) is 4.84 Å². The molecule has 8 heteroatoms. The first-order chi connectivity index (χ1) is 17.0. The molecule has 0 heterocycles. The molecular formula is C29H48N4O4. The first-order valence-electron chi connectivity index (χ1n) is 12.8. The maximum atomic E-state index is 13.9. The maximum Gasteiger partial charge on any atom is 0.272 e. The monoisotopic (exact) mass is 516 g/mol. The van der Waals surface area contributed by atoms with Crippen molar-refractivity contribution in [2.45, 2.75) is 78.9 Å². The summed E-state index contributed by atoms with van der Waals surface area (Å²) in [5, 5.41) is 7.36. The molecule has 0 aromatic heterocycles. The van der Waals surface area contributed by atoms with E-state index in [1.165, 1.54) is 7.11 Å². The fourth-order valence-electron chi connectivity index (χ4n) is 4.49. The van der Waals surface area contributed by atoms with Crippen molar-refractivity contribution in [3.05, 3.63) is 47.5 Å². The van der Waals surface area contributed by atoms with Crippen LogP contribution in [0.2, 0.25) is 0 Å². The topological polar surface area (TPSA) is 91.0 Å². The van der Waals surface area contributed by atoms with Crippen molar-refractivity contribution >= 4 is 17.7 Å². The molecule has 1 rings (SSSR count). The summed E-state index contributed by atoms with van der Waals surface area (Å²) in [5.74, 6) is -0.719. The van der Waals surface area contributed by atoms with E-state index >= 15 is 0 Å². The lowest BCUT2D eigenvalue weighted by Gasteiger charge is -2.40. The quantitative estimate of drug-likeness (QED) is 0.347. The van der Waals surface area contributed by atoms with Gasteiger partial charge in [0.05, 0.1) is 19.2 Å². The van der Waals surface area contributed by atoms with Gasteiger partial charge in [0.25, 0.3) is 5.91 Å². The Bertz CT molecular complexity index is 950. The summed E-state index contributed by atoms with van der Waals surface area (Å²) in [7, 11) is 6.44. The first-order valence-corrected chi connectivity index (χ1v) is 12.8. The number of nitrogens with zero attached hydrogens (tertiary/aromatic N) is 2. The lowest BCUT2D eigenvalue weighted by Crippen LogP contribution is -2.61. The molecule has 0 saturated carbocycles. The number of nitrogens with one attached hydrogen (secondary N) is 2. The first kappa shape index (κ1) is 32.3. The van der Waals surface area contributed by atoms with Crippen molar-refractivity contribution in [3.8, 4) is 0 Å². The highest BCUT2D eigenvalue weighted by atomic mass is 16.7. The van der Waals surface area contributed by atoms with Crippen molar-refractivity contribution < 1.29 is 19.2 Å². The molecule has 3 amide bonds. The predicted octanol–water partition coefficient (Wildman–Crippen LogP) is 3.53. The summed E-state index contributed by atoms with van der Waals surface area (Å²) in [5.41, 5.74) is 0.416. The zero-order chi connectivity index (χ0) is 28.7. The van der Waals surface area contributed by atoms with Gasteiger partial charge in [0.1, 0.15) is 6.04 Å². The van der Waals surface area contributed by atoms with Gasteiger partial charge in [0, 0.05) is 25.1 Å². The molecule has 0 radical (unpaired) electrons. The number of hydroxylamine groups is 2. The summed E-state index contributed by atoms with van der Waals surface area (Å²) in [6.07, 6.45) is 1.79. The molecule has 3 atom stereocenters. The van der Waals surface area contributed by atoms with E-state index in [1.54, 1.807) is 39.0 Å². The second kappa shape index (κ2) is 13.2. The molecule has 208 valence electrons. The molecule has 2 N–H and O–H groups in total. The molecule has 0 bridgehead atoms. The third-order valence-electron chi connectivity index (χ3n) is 6.99.